The van der Waals surface area contributed by atoms with Gasteiger partial charge >= 0.3 is 5.97 Å². The lowest BCUT2D eigenvalue weighted by Gasteiger charge is -2.14. The van der Waals surface area contributed by atoms with Crippen LogP contribution in [0, 0.1) is 0 Å². The molecule has 1 fully saturated rings. The number of para-hydroxylation sites is 1. The average Bonchev–Trinajstić information content (AvgIpc) is 2.95. The van der Waals surface area contributed by atoms with Gasteiger partial charge < -0.3 is 14.8 Å². The Morgan fingerprint density at radius 1 is 1.35 bits per heavy atom. The van der Waals surface area contributed by atoms with Gasteiger partial charge in [-0.15, -0.1) is 0 Å². The number of hydrogen-bond acceptors (Lipinski definition) is 5. The van der Waals surface area contributed by atoms with E-state index < -0.39 is 0 Å². The first-order valence-corrected chi connectivity index (χ1v) is 6.59. The number of carbonyl (C=O) groups is 1. The van der Waals surface area contributed by atoms with Crippen molar-refractivity contribution in [2.45, 2.75) is 18.6 Å². The van der Waals surface area contributed by atoms with Crippen LogP contribution in [-0.4, -0.2) is 36.8 Å². The molecule has 0 spiro atoms. The third kappa shape index (κ3) is 2.44. The zero-order valence-corrected chi connectivity index (χ0v) is 11.2. The summed E-state index contributed by atoms with van der Waals surface area (Å²) < 4.78 is 10.7. The Bertz CT molecular complexity index is 624. The van der Waals surface area contributed by atoms with E-state index in [2.05, 4.69) is 10.3 Å². The van der Waals surface area contributed by atoms with E-state index in [-0.39, 0.29) is 18.1 Å². The number of methoxy groups -OCH3 is 1. The molecule has 3 rings (SSSR count). The lowest BCUT2D eigenvalue weighted by Crippen LogP contribution is -2.31. The molecule has 2 aromatic rings. The van der Waals surface area contributed by atoms with Gasteiger partial charge in [0.2, 0.25) is 0 Å². The summed E-state index contributed by atoms with van der Waals surface area (Å²) in [6.07, 6.45) is 2.31. The Morgan fingerprint density at radius 2 is 2.20 bits per heavy atom. The highest BCUT2D eigenvalue weighted by molar-refractivity contribution is 5.84. The minimum Gasteiger partial charge on any atom is -0.487 e. The molecule has 1 saturated heterocycles. The molecule has 0 radical (unpaired) electrons. The first kappa shape index (κ1) is 12.9. The van der Waals surface area contributed by atoms with Crippen LogP contribution in [0.5, 0.6) is 5.75 Å². The van der Waals surface area contributed by atoms with Crippen molar-refractivity contribution < 1.29 is 14.3 Å². The zero-order chi connectivity index (χ0) is 13.9. The van der Waals surface area contributed by atoms with Crippen LogP contribution >= 0.6 is 0 Å². The Morgan fingerprint density at radius 3 is 3.05 bits per heavy atom. The smallest absolute Gasteiger partial charge is 0.323 e. The van der Waals surface area contributed by atoms with Gasteiger partial charge in [0.1, 0.15) is 23.4 Å². The highest BCUT2D eigenvalue weighted by Crippen LogP contribution is 2.25. The number of hydrogen-bond donors (Lipinski definition) is 1. The molecule has 1 aliphatic heterocycles. The van der Waals surface area contributed by atoms with Gasteiger partial charge in [0, 0.05) is 24.5 Å². The second-order valence-electron chi connectivity index (χ2n) is 4.79. The van der Waals surface area contributed by atoms with E-state index in [1.165, 1.54) is 7.11 Å². The summed E-state index contributed by atoms with van der Waals surface area (Å²) in [4.78, 5) is 15.8. The van der Waals surface area contributed by atoms with Crippen molar-refractivity contribution in [3.8, 4) is 5.75 Å². The molecule has 0 amide bonds. The Hall–Kier alpha value is -2.14. The van der Waals surface area contributed by atoms with Crippen LogP contribution in [0.3, 0.4) is 0 Å². The summed E-state index contributed by atoms with van der Waals surface area (Å²) >= 11 is 0. The Kier molecular flexibility index (Phi) is 3.52. The molecule has 0 saturated carbocycles. The monoisotopic (exact) mass is 272 g/mol. The van der Waals surface area contributed by atoms with Gasteiger partial charge in [-0.25, -0.2) is 0 Å². The van der Waals surface area contributed by atoms with Crippen molar-refractivity contribution in [1.82, 2.24) is 10.3 Å². The van der Waals surface area contributed by atoms with E-state index in [4.69, 9.17) is 9.47 Å². The molecule has 2 heterocycles. The Balaban J connectivity index is 1.76. The maximum Gasteiger partial charge on any atom is 0.323 e. The number of benzene rings is 1. The van der Waals surface area contributed by atoms with E-state index in [0.29, 0.717) is 13.0 Å². The Labute approximate surface area is 116 Å². The predicted octanol–water partition coefficient (Wildman–Crippen LogP) is 1.52. The summed E-state index contributed by atoms with van der Waals surface area (Å²) in [7, 11) is 1.40. The second-order valence-corrected chi connectivity index (χ2v) is 4.79. The summed E-state index contributed by atoms with van der Waals surface area (Å²) in [5.41, 5.74) is 0.844. The molecule has 0 aliphatic carbocycles. The number of aromatic nitrogens is 1. The first-order chi connectivity index (χ1) is 9.78. The van der Waals surface area contributed by atoms with Gasteiger partial charge in [0.15, 0.2) is 0 Å². The van der Waals surface area contributed by atoms with E-state index in [1.54, 1.807) is 6.20 Å². The minimum absolute atomic E-state index is 0.0493. The average molecular weight is 272 g/mol. The van der Waals surface area contributed by atoms with Crippen LogP contribution in [0.2, 0.25) is 0 Å². The molecular formula is C15H16N2O3. The maximum absolute atomic E-state index is 11.5. The number of fused-ring (bicyclic) bond motifs is 1. The summed E-state index contributed by atoms with van der Waals surface area (Å²) in [6, 6.07) is 9.46. The van der Waals surface area contributed by atoms with Crippen molar-refractivity contribution in [2.75, 3.05) is 13.7 Å². The first-order valence-electron chi connectivity index (χ1n) is 6.59. The molecule has 5 nitrogen and oxygen atoms in total. The molecule has 5 heteroatoms. The van der Waals surface area contributed by atoms with Crippen LogP contribution < -0.4 is 10.1 Å². The van der Waals surface area contributed by atoms with E-state index in [1.807, 2.05) is 30.3 Å². The van der Waals surface area contributed by atoms with E-state index >= 15 is 0 Å². The molecule has 104 valence electrons. The highest BCUT2D eigenvalue weighted by Gasteiger charge is 2.31. The van der Waals surface area contributed by atoms with Crippen molar-refractivity contribution in [3.63, 3.8) is 0 Å². The molecule has 20 heavy (non-hydrogen) atoms. The van der Waals surface area contributed by atoms with Gasteiger partial charge in [-0.3, -0.25) is 9.78 Å². The maximum atomic E-state index is 11.5. The summed E-state index contributed by atoms with van der Waals surface area (Å²) in [6.45, 7) is 0.628. The van der Waals surface area contributed by atoms with Crippen molar-refractivity contribution in [3.05, 3.63) is 36.5 Å². The molecular weight excluding hydrogens is 256 g/mol. The molecule has 1 aliphatic rings. The number of pyridine rings is 1. The van der Waals surface area contributed by atoms with E-state index in [9.17, 15) is 4.79 Å². The van der Waals surface area contributed by atoms with Crippen molar-refractivity contribution >= 4 is 16.9 Å². The zero-order valence-electron chi connectivity index (χ0n) is 11.2. The van der Waals surface area contributed by atoms with Crippen LogP contribution in [0.25, 0.3) is 10.9 Å². The fraction of sp³-hybridized carbons (Fsp3) is 0.333. The quantitative estimate of drug-likeness (QED) is 0.858. The van der Waals surface area contributed by atoms with Crippen LogP contribution in [0.4, 0.5) is 0 Å². The predicted molar refractivity (Wildman–Crippen MR) is 74.6 cm³/mol. The van der Waals surface area contributed by atoms with E-state index in [0.717, 1.165) is 16.7 Å². The number of esters is 1. The minimum atomic E-state index is -0.284. The largest absolute Gasteiger partial charge is 0.487 e. The third-order valence-electron chi connectivity index (χ3n) is 3.47. The number of nitrogens with zero attached hydrogens (tertiary/aromatic N) is 1. The third-order valence-corrected chi connectivity index (χ3v) is 3.47. The lowest BCUT2D eigenvalue weighted by atomic mass is 10.2. The van der Waals surface area contributed by atoms with Crippen LogP contribution in [-0.2, 0) is 9.53 Å². The molecule has 1 aromatic heterocycles. The second kappa shape index (κ2) is 5.46. The number of nitrogens with one attached hydrogen (secondary N) is 1. The summed E-state index contributed by atoms with van der Waals surface area (Å²) in [5, 5.41) is 4.15. The van der Waals surface area contributed by atoms with Gasteiger partial charge in [0.25, 0.3) is 0 Å². The van der Waals surface area contributed by atoms with Gasteiger partial charge in [-0.1, -0.05) is 18.2 Å². The van der Waals surface area contributed by atoms with Crippen molar-refractivity contribution in [1.29, 1.82) is 0 Å². The molecule has 0 bridgehead atoms. The van der Waals surface area contributed by atoms with Gasteiger partial charge in [-0.2, -0.15) is 0 Å². The SMILES string of the molecule is COC(=O)[C@@H]1C[C@@H](Oc2cccc3cccnc23)CN1. The molecule has 0 unspecified atom stereocenters. The highest BCUT2D eigenvalue weighted by atomic mass is 16.5. The van der Waals surface area contributed by atoms with Crippen LogP contribution in [0.15, 0.2) is 36.5 Å². The van der Waals surface area contributed by atoms with Crippen molar-refractivity contribution in [2.24, 2.45) is 0 Å². The topological polar surface area (TPSA) is 60.5 Å². The molecule has 1 aromatic carbocycles. The summed E-state index contributed by atoms with van der Waals surface area (Å²) in [5.74, 6) is 0.507. The lowest BCUT2D eigenvalue weighted by molar-refractivity contribution is -0.142. The fourth-order valence-electron chi connectivity index (χ4n) is 2.47. The standard InChI is InChI=1S/C15H16N2O3/c1-19-15(18)12-8-11(9-17-12)20-13-6-2-4-10-5-3-7-16-14(10)13/h2-7,11-12,17H,8-9H2,1H3/t11-,12+/m1/s1. The normalized spacial score (nSPS) is 21.9. The number of carbonyl (C=O) groups excluding carboxylic acids is 1. The number of ether oxygens (including phenoxy) is 2. The molecule has 2 atom stereocenters. The fourth-order valence-corrected chi connectivity index (χ4v) is 2.47. The van der Waals surface area contributed by atoms with Gasteiger partial charge in [-0.05, 0) is 12.1 Å². The van der Waals surface area contributed by atoms with Gasteiger partial charge in [0.05, 0.1) is 7.11 Å². The van der Waals surface area contributed by atoms with Crippen LogP contribution in [0.1, 0.15) is 6.42 Å². The molecule has 1 N–H and O–H groups in total. The number of rotatable bonds is 3.